The molecule has 0 saturated heterocycles. The summed E-state index contributed by atoms with van der Waals surface area (Å²) < 4.78 is 0. The van der Waals surface area contributed by atoms with E-state index in [4.69, 9.17) is 10.2 Å². The predicted molar refractivity (Wildman–Crippen MR) is 71.8 cm³/mol. The molecule has 0 aliphatic rings. The number of hydrogen-bond donors (Lipinski definition) is 3. The zero-order valence-corrected chi connectivity index (χ0v) is 11.2. The van der Waals surface area contributed by atoms with Gasteiger partial charge in [-0.15, -0.1) is 0 Å². The van der Waals surface area contributed by atoms with Gasteiger partial charge in [0.1, 0.15) is 6.04 Å². The second-order valence-electron chi connectivity index (χ2n) is 4.34. The molecule has 1 aromatic rings. The molecule has 108 valence electrons. The van der Waals surface area contributed by atoms with Crippen molar-refractivity contribution in [2.45, 2.75) is 19.4 Å². The molecule has 0 spiro atoms. The van der Waals surface area contributed by atoms with Crippen molar-refractivity contribution in [3.8, 4) is 0 Å². The van der Waals surface area contributed by atoms with Crippen LogP contribution in [0.3, 0.4) is 0 Å². The number of amides is 2. The summed E-state index contributed by atoms with van der Waals surface area (Å²) in [5, 5.41) is 19.7. The maximum atomic E-state index is 11.9. The van der Waals surface area contributed by atoms with Gasteiger partial charge in [-0.2, -0.15) is 0 Å². The zero-order valence-electron chi connectivity index (χ0n) is 11.2. The molecule has 2 amide bonds. The Morgan fingerprint density at radius 1 is 1.30 bits per heavy atom. The fourth-order valence-corrected chi connectivity index (χ4v) is 1.57. The van der Waals surface area contributed by atoms with Crippen molar-refractivity contribution in [3.05, 3.63) is 29.8 Å². The number of nitrogens with one attached hydrogen (secondary N) is 1. The normalized spacial score (nSPS) is 11.5. The van der Waals surface area contributed by atoms with Crippen LogP contribution < -0.4 is 10.2 Å². The molecule has 7 nitrogen and oxygen atoms in total. The lowest BCUT2D eigenvalue weighted by Crippen LogP contribution is -2.47. The molecule has 20 heavy (non-hydrogen) atoms. The van der Waals surface area contributed by atoms with Crippen molar-refractivity contribution in [2.24, 2.45) is 0 Å². The Morgan fingerprint density at radius 3 is 2.45 bits per heavy atom. The van der Waals surface area contributed by atoms with E-state index in [9.17, 15) is 14.4 Å². The Labute approximate surface area is 115 Å². The molecule has 7 heteroatoms. The van der Waals surface area contributed by atoms with E-state index in [0.717, 1.165) is 5.56 Å². The van der Waals surface area contributed by atoms with Crippen molar-refractivity contribution in [3.63, 3.8) is 0 Å². The van der Waals surface area contributed by atoms with Crippen LogP contribution in [0.5, 0.6) is 0 Å². The van der Waals surface area contributed by atoms with Gasteiger partial charge in [0.15, 0.2) is 0 Å². The predicted octanol–water partition coefficient (Wildman–Crippen LogP) is 1.07. The van der Waals surface area contributed by atoms with E-state index in [-0.39, 0.29) is 0 Å². The van der Waals surface area contributed by atoms with Crippen LogP contribution >= 0.6 is 0 Å². The monoisotopic (exact) mass is 280 g/mol. The van der Waals surface area contributed by atoms with Crippen LogP contribution in [0.15, 0.2) is 24.3 Å². The quantitative estimate of drug-likeness (QED) is 0.747. The fraction of sp³-hybridized carbons (Fsp3) is 0.308. The number of urea groups is 1. The number of carboxylic acid groups (broad SMARTS) is 2. The molecule has 0 aliphatic heterocycles. The van der Waals surface area contributed by atoms with Crippen molar-refractivity contribution >= 4 is 23.7 Å². The minimum atomic E-state index is -1.47. The number of nitrogens with zero attached hydrogens (tertiary/aromatic N) is 1. The molecular weight excluding hydrogens is 264 g/mol. The van der Waals surface area contributed by atoms with Gasteiger partial charge in [0.2, 0.25) is 0 Å². The highest BCUT2D eigenvalue weighted by molar-refractivity contribution is 5.95. The summed E-state index contributed by atoms with van der Waals surface area (Å²) in [5.74, 6) is -2.69. The van der Waals surface area contributed by atoms with Crippen LogP contribution in [0.25, 0.3) is 0 Å². The van der Waals surface area contributed by atoms with E-state index in [1.807, 2.05) is 13.0 Å². The highest BCUT2D eigenvalue weighted by Gasteiger charge is 2.24. The summed E-state index contributed by atoms with van der Waals surface area (Å²) in [6.45, 7) is 1.86. The first-order valence-electron chi connectivity index (χ1n) is 5.86. The first-order chi connectivity index (χ1) is 9.31. The largest absolute Gasteiger partial charge is 0.481 e. The molecule has 0 saturated carbocycles. The lowest BCUT2D eigenvalue weighted by Gasteiger charge is -2.21. The molecule has 3 N–H and O–H groups in total. The van der Waals surface area contributed by atoms with Gasteiger partial charge in [0.05, 0.1) is 6.42 Å². The molecule has 0 unspecified atom stereocenters. The number of rotatable bonds is 5. The first kappa shape index (κ1) is 15.5. The molecule has 1 atom stereocenters. The molecule has 1 rings (SSSR count). The lowest BCUT2D eigenvalue weighted by atomic mass is 10.2. The van der Waals surface area contributed by atoms with E-state index < -0.39 is 30.4 Å². The molecule has 0 fully saturated rings. The summed E-state index contributed by atoms with van der Waals surface area (Å²) in [5.41, 5.74) is 1.53. The van der Waals surface area contributed by atoms with Gasteiger partial charge in [0.25, 0.3) is 0 Å². The maximum absolute atomic E-state index is 11.9. The Hall–Kier alpha value is -2.57. The van der Waals surface area contributed by atoms with E-state index in [1.165, 1.54) is 11.9 Å². The lowest BCUT2D eigenvalue weighted by molar-refractivity contribution is -0.145. The molecule has 0 aromatic heterocycles. The molecule has 1 aromatic carbocycles. The smallest absolute Gasteiger partial charge is 0.326 e. The maximum Gasteiger partial charge on any atom is 0.326 e. The number of carbonyl (C=O) groups is 3. The number of hydrogen-bond acceptors (Lipinski definition) is 3. The first-order valence-corrected chi connectivity index (χ1v) is 5.86. The second-order valence-corrected chi connectivity index (χ2v) is 4.34. The molecule has 0 aliphatic carbocycles. The van der Waals surface area contributed by atoms with E-state index >= 15 is 0 Å². The van der Waals surface area contributed by atoms with Crippen molar-refractivity contribution in [1.29, 1.82) is 0 Å². The summed E-state index contributed by atoms with van der Waals surface area (Å²) in [7, 11) is 1.48. The average molecular weight is 280 g/mol. The number of aryl methyl sites for hydroxylation is 1. The number of benzene rings is 1. The van der Waals surface area contributed by atoms with Crippen LogP contribution in [0.4, 0.5) is 10.5 Å². The summed E-state index contributed by atoms with van der Waals surface area (Å²) in [4.78, 5) is 34.6. The van der Waals surface area contributed by atoms with Crippen molar-refractivity contribution in [2.75, 3.05) is 11.9 Å². The van der Waals surface area contributed by atoms with Crippen molar-refractivity contribution < 1.29 is 24.6 Å². The Kier molecular flexibility index (Phi) is 5.08. The third kappa shape index (κ3) is 4.27. The third-order valence-electron chi connectivity index (χ3n) is 2.67. The van der Waals surface area contributed by atoms with E-state index in [1.54, 1.807) is 18.2 Å². The van der Waals surface area contributed by atoms with Gasteiger partial charge >= 0.3 is 18.0 Å². The molecule has 0 radical (unpaired) electrons. The van der Waals surface area contributed by atoms with Gasteiger partial charge in [0, 0.05) is 12.7 Å². The Morgan fingerprint density at radius 2 is 1.95 bits per heavy atom. The fourth-order valence-electron chi connectivity index (χ4n) is 1.57. The number of anilines is 1. The van der Waals surface area contributed by atoms with Gasteiger partial charge in [-0.05, 0) is 24.6 Å². The highest BCUT2D eigenvalue weighted by Crippen LogP contribution is 2.14. The van der Waals surface area contributed by atoms with Gasteiger partial charge in [-0.3, -0.25) is 9.69 Å². The van der Waals surface area contributed by atoms with Crippen LogP contribution in [0.1, 0.15) is 12.0 Å². The van der Waals surface area contributed by atoms with E-state index in [2.05, 4.69) is 5.32 Å². The Bertz CT molecular complexity index is 529. The highest BCUT2D eigenvalue weighted by atomic mass is 16.4. The summed E-state index contributed by atoms with van der Waals surface area (Å²) in [6.07, 6.45) is -0.678. The van der Waals surface area contributed by atoms with Gasteiger partial charge in [-0.1, -0.05) is 12.1 Å². The number of carbonyl (C=O) groups excluding carboxylic acids is 1. The standard InChI is InChI=1S/C13H16N2O5/c1-8-4-3-5-9(6-8)15(2)13(20)14-10(12(18)19)7-11(16)17/h3-6,10H,7H2,1-2H3,(H,14,20)(H,16,17)(H,18,19)/t10-/m0/s1. The van der Waals surface area contributed by atoms with Crippen LogP contribution in [-0.4, -0.2) is 41.3 Å². The van der Waals surface area contributed by atoms with Crippen molar-refractivity contribution in [1.82, 2.24) is 5.32 Å². The molecule has 0 heterocycles. The third-order valence-corrected chi connectivity index (χ3v) is 2.67. The Balaban J connectivity index is 2.78. The topological polar surface area (TPSA) is 107 Å². The number of aliphatic carboxylic acids is 2. The zero-order chi connectivity index (χ0) is 15.3. The average Bonchev–Trinajstić information content (AvgIpc) is 2.36. The SMILES string of the molecule is Cc1cccc(N(C)C(=O)N[C@@H](CC(=O)O)C(=O)O)c1. The minimum Gasteiger partial charge on any atom is -0.481 e. The minimum absolute atomic E-state index is 0.585. The molecular formula is C13H16N2O5. The van der Waals surface area contributed by atoms with Crippen LogP contribution in [0, 0.1) is 6.92 Å². The van der Waals surface area contributed by atoms with Crippen LogP contribution in [-0.2, 0) is 9.59 Å². The van der Waals surface area contributed by atoms with Gasteiger partial charge in [-0.25, -0.2) is 9.59 Å². The summed E-state index contributed by atoms with van der Waals surface area (Å²) >= 11 is 0. The summed E-state index contributed by atoms with van der Waals surface area (Å²) in [6, 6.07) is 4.93. The second kappa shape index (κ2) is 6.55. The molecule has 0 bridgehead atoms. The van der Waals surface area contributed by atoms with Gasteiger partial charge < -0.3 is 15.5 Å². The number of carboxylic acids is 2. The van der Waals surface area contributed by atoms with E-state index in [0.29, 0.717) is 5.69 Å². The van der Waals surface area contributed by atoms with Crippen LogP contribution in [0.2, 0.25) is 0 Å².